The molecule has 3 heteroatoms. The molecule has 0 N–H and O–H groups in total. The molecule has 0 saturated carbocycles. The third-order valence-electron chi connectivity index (χ3n) is 4.23. The first-order valence-corrected chi connectivity index (χ1v) is 7.98. The molecule has 0 aliphatic rings. The summed E-state index contributed by atoms with van der Waals surface area (Å²) in [6.07, 6.45) is 4.17. The van der Waals surface area contributed by atoms with Crippen LogP contribution in [0.3, 0.4) is 0 Å². The molecule has 112 valence electrons. The van der Waals surface area contributed by atoms with Crippen LogP contribution in [0.4, 0.5) is 0 Å². The Morgan fingerprint density at radius 2 is 1.05 bits per heavy atom. The van der Waals surface area contributed by atoms with E-state index >= 15 is 0 Å². The average molecular weight is 308 g/mol. The molecule has 22 heavy (non-hydrogen) atoms. The van der Waals surface area contributed by atoms with E-state index in [0.717, 1.165) is 4.77 Å². The summed E-state index contributed by atoms with van der Waals surface area (Å²) in [5.74, 6) is 0. The van der Waals surface area contributed by atoms with Crippen LogP contribution < -0.4 is 0 Å². The van der Waals surface area contributed by atoms with Crippen LogP contribution in [0.15, 0.2) is 73.1 Å². The van der Waals surface area contributed by atoms with Gasteiger partial charge in [0.15, 0.2) is 4.77 Å². The van der Waals surface area contributed by atoms with Crippen LogP contribution in [0.2, 0.25) is 0 Å². The van der Waals surface area contributed by atoms with Crippen molar-refractivity contribution in [2.24, 2.45) is 0 Å². The Hall–Kier alpha value is -2.13. The van der Waals surface area contributed by atoms with Crippen molar-refractivity contribution < 1.29 is 0 Å². The average Bonchev–Trinajstić information content (AvgIpc) is 2.96. The van der Waals surface area contributed by atoms with Gasteiger partial charge in [0, 0.05) is 12.4 Å². The van der Waals surface area contributed by atoms with Crippen molar-refractivity contribution in [2.45, 2.75) is 25.9 Å². The molecule has 0 aliphatic heterocycles. The molecule has 0 unspecified atom stereocenters. The maximum absolute atomic E-state index is 5.70. The molecule has 1 heterocycles. The highest BCUT2D eigenvalue weighted by Gasteiger charge is 2.13. The Kier molecular flexibility index (Phi) is 4.25. The van der Waals surface area contributed by atoms with Gasteiger partial charge < -0.3 is 9.13 Å². The van der Waals surface area contributed by atoms with Gasteiger partial charge in [0.25, 0.3) is 0 Å². The first-order chi connectivity index (χ1) is 10.7. The van der Waals surface area contributed by atoms with Crippen LogP contribution in [-0.4, -0.2) is 9.13 Å². The van der Waals surface area contributed by atoms with Crippen molar-refractivity contribution in [3.8, 4) is 0 Å². The fraction of sp³-hybridized carbons (Fsp3) is 0.211. The van der Waals surface area contributed by atoms with Crippen molar-refractivity contribution in [3.05, 3.63) is 89.0 Å². The topological polar surface area (TPSA) is 9.86 Å². The highest BCUT2D eigenvalue weighted by molar-refractivity contribution is 7.71. The summed E-state index contributed by atoms with van der Waals surface area (Å²) in [6, 6.07) is 21.4. The van der Waals surface area contributed by atoms with E-state index in [1.165, 1.54) is 11.1 Å². The van der Waals surface area contributed by atoms with Gasteiger partial charge in [-0.15, -0.1) is 0 Å². The summed E-state index contributed by atoms with van der Waals surface area (Å²) in [5.41, 5.74) is 2.53. The first kappa shape index (κ1) is 14.8. The fourth-order valence-electron chi connectivity index (χ4n) is 2.78. The smallest absolute Gasteiger partial charge is 0.180 e. The number of nitrogens with zero attached hydrogens (tertiary/aromatic N) is 2. The normalized spacial score (nSPS) is 13.7. The zero-order chi connectivity index (χ0) is 15.5. The van der Waals surface area contributed by atoms with E-state index in [4.69, 9.17) is 12.2 Å². The number of aromatic nitrogens is 2. The number of hydrogen-bond donors (Lipinski definition) is 0. The van der Waals surface area contributed by atoms with Gasteiger partial charge in [0.05, 0.1) is 12.1 Å². The van der Waals surface area contributed by atoms with Gasteiger partial charge in [-0.25, -0.2) is 0 Å². The summed E-state index contributed by atoms with van der Waals surface area (Å²) in [7, 11) is 0. The highest BCUT2D eigenvalue weighted by atomic mass is 32.1. The lowest BCUT2D eigenvalue weighted by atomic mass is 10.1. The van der Waals surface area contributed by atoms with E-state index in [0.29, 0.717) is 0 Å². The summed E-state index contributed by atoms with van der Waals surface area (Å²) in [5, 5.41) is 0. The molecule has 0 aliphatic carbocycles. The van der Waals surface area contributed by atoms with Gasteiger partial charge in [-0.3, -0.25) is 0 Å². The maximum Gasteiger partial charge on any atom is 0.180 e. The van der Waals surface area contributed by atoms with E-state index in [2.05, 4.69) is 83.9 Å². The lowest BCUT2D eigenvalue weighted by Gasteiger charge is -2.16. The lowest BCUT2D eigenvalue weighted by Crippen LogP contribution is -2.10. The minimum absolute atomic E-state index is 0.234. The van der Waals surface area contributed by atoms with Crippen LogP contribution in [0.25, 0.3) is 0 Å². The van der Waals surface area contributed by atoms with Gasteiger partial charge in [-0.1, -0.05) is 60.7 Å². The summed E-state index contributed by atoms with van der Waals surface area (Å²) >= 11 is 5.70. The van der Waals surface area contributed by atoms with E-state index in [1.807, 2.05) is 12.1 Å². The minimum Gasteiger partial charge on any atom is -0.317 e. The SMILES string of the molecule is C[C@@H](c1ccccc1)n1ccn([C@@H](C)c2ccccc2)c1=S. The number of hydrogen-bond acceptors (Lipinski definition) is 1. The Morgan fingerprint density at radius 3 is 1.41 bits per heavy atom. The molecule has 0 amide bonds. The molecule has 1 aromatic heterocycles. The molecule has 0 bridgehead atoms. The molecule has 0 radical (unpaired) electrons. The van der Waals surface area contributed by atoms with Crippen molar-refractivity contribution in [2.75, 3.05) is 0 Å². The molecule has 2 nitrogen and oxygen atoms in total. The Balaban J connectivity index is 1.94. The van der Waals surface area contributed by atoms with Crippen molar-refractivity contribution in [1.29, 1.82) is 0 Å². The first-order valence-electron chi connectivity index (χ1n) is 7.57. The summed E-state index contributed by atoms with van der Waals surface area (Å²) in [6.45, 7) is 4.37. The van der Waals surface area contributed by atoms with Gasteiger partial charge in [0.2, 0.25) is 0 Å². The van der Waals surface area contributed by atoms with E-state index in [9.17, 15) is 0 Å². The van der Waals surface area contributed by atoms with Gasteiger partial charge >= 0.3 is 0 Å². The van der Waals surface area contributed by atoms with Crippen LogP contribution in [0.1, 0.15) is 37.1 Å². The Labute approximate surface area is 136 Å². The third kappa shape index (κ3) is 2.77. The fourth-order valence-corrected chi connectivity index (χ4v) is 3.22. The molecule has 0 fully saturated rings. The summed E-state index contributed by atoms with van der Waals surface area (Å²) < 4.78 is 5.17. The van der Waals surface area contributed by atoms with Gasteiger partial charge in [0.1, 0.15) is 0 Å². The van der Waals surface area contributed by atoms with E-state index < -0.39 is 0 Å². The van der Waals surface area contributed by atoms with Crippen molar-refractivity contribution >= 4 is 12.2 Å². The largest absolute Gasteiger partial charge is 0.317 e. The Bertz CT molecular complexity index is 721. The molecule has 0 spiro atoms. The van der Waals surface area contributed by atoms with Gasteiger partial charge in [-0.2, -0.15) is 0 Å². The molecule has 0 saturated heterocycles. The highest BCUT2D eigenvalue weighted by Crippen LogP contribution is 2.23. The lowest BCUT2D eigenvalue weighted by molar-refractivity contribution is 0.574. The van der Waals surface area contributed by atoms with Crippen LogP contribution >= 0.6 is 12.2 Å². The van der Waals surface area contributed by atoms with E-state index in [1.54, 1.807) is 0 Å². The molecule has 3 rings (SSSR count). The summed E-state index contributed by atoms with van der Waals surface area (Å²) in [4.78, 5) is 0. The predicted octanol–water partition coefficient (Wildman–Crippen LogP) is 5.24. The van der Waals surface area contributed by atoms with Crippen LogP contribution in [0, 0.1) is 4.77 Å². The Morgan fingerprint density at radius 1 is 0.682 bits per heavy atom. The van der Waals surface area contributed by atoms with Crippen molar-refractivity contribution in [3.63, 3.8) is 0 Å². The molecule has 3 aromatic rings. The second-order valence-electron chi connectivity index (χ2n) is 5.57. The van der Waals surface area contributed by atoms with Crippen LogP contribution in [0.5, 0.6) is 0 Å². The minimum atomic E-state index is 0.234. The monoisotopic (exact) mass is 308 g/mol. The molecule has 2 atom stereocenters. The van der Waals surface area contributed by atoms with Gasteiger partial charge in [-0.05, 0) is 37.2 Å². The standard InChI is InChI=1S/C19H20N2S/c1-15(17-9-5-3-6-10-17)20-13-14-21(19(20)22)16(2)18-11-7-4-8-12-18/h3-16H,1-2H3/t15-,16-/m0/s1. The number of imidazole rings is 1. The third-order valence-corrected chi connectivity index (χ3v) is 4.65. The second-order valence-corrected chi connectivity index (χ2v) is 5.93. The maximum atomic E-state index is 5.70. The molecular weight excluding hydrogens is 288 g/mol. The molecule has 2 aromatic carbocycles. The zero-order valence-electron chi connectivity index (χ0n) is 12.9. The quantitative estimate of drug-likeness (QED) is 0.599. The van der Waals surface area contributed by atoms with Crippen LogP contribution in [-0.2, 0) is 0 Å². The predicted molar refractivity (Wildman–Crippen MR) is 93.8 cm³/mol. The number of benzene rings is 2. The van der Waals surface area contributed by atoms with Crippen molar-refractivity contribution in [1.82, 2.24) is 9.13 Å². The zero-order valence-corrected chi connectivity index (χ0v) is 13.7. The van der Waals surface area contributed by atoms with E-state index in [-0.39, 0.29) is 12.1 Å². The molecular formula is C19H20N2S. The second kappa shape index (κ2) is 6.32. The number of rotatable bonds is 4.